The Morgan fingerprint density at radius 1 is 1.28 bits per heavy atom. The number of aromatic nitrogens is 2. The molecule has 0 unspecified atom stereocenters. The van der Waals surface area contributed by atoms with Crippen LogP contribution in [0, 0.1) is 6.92 Å². The van der Waals surface area contributed by atoms with Gasteiger partial charge in [0.15, 0.2) is 0 Å². The molecule has 25 heavy (non-hydrogen) atoms. The molecule has 1 aliphatic carbocycles. The predicted octanol–water partition coefficient (Wildman–Crippen LogP) is 4.13. The van der Waals surface area contributed by atoms with E-state index < -0.39 is 0 Å². The SMILES string of the molecule is Cc1[nH]nc(C2CC2)c1-c1ccc(C(=O)N(C)Cc2ccoc2)cc1. The lowest BCUT2D eigenvalue weighted by molar-refractivity contribution is 0.0785. The number of nitrogens with zero attached hydrogens (tertiary/aromatic N) is 2. The van der Waals surface area contributed by atoms with Gasteiger partial charge in [-0.3, -0.25) is 9.89 Å². The summed E-state index contributed by atoms with van der Waals surface area (Å²) in [4.78, 5) is 14.3. The lowest BCUT2D eigenvalue weighted by Gasteiger charge is -2.16. The number of hydrogen-bond acceptors (Lipinski definition) is 3. The van der Waals surface area contributed by atoms with Gasteiger partial charge in [0.2, 0.25) is 0 Å². The average molecular weight is 335 g/mol. The first-order chi connectivity index (χ1) is 12.1. The summed E-state index contributed by atoms with van der Waals surface area (Å²) < 4.78 is 5.06. The number of carbonyl (C=O) groups excluding carboxylic acids is 1. The maximum atomic E-state index is 12.6. The van der Waals surface area contributed by atoms with Crippen molar-refractivity contribution in [2.45, 2.75) is 32.2 Å². The van der Waals surface area contributed by atoms with Crippen molar-refractivity contribution in [1.82, 2.24) is 15.1 Å². The van der Waals surface area contributed by atoms with Crippen LogP contribution in [-0.4, -0.2) is 28.1 Å². The van der Waals surface area contributed by atoms with E-state index in [0.29, 0.717) is 18.0 Å². The van der Waals surface area contributed by atoms with Gasteiger partial charge < -0.3 is 9.32 Å². The molecule has 1 aromatic carbocycles. The zero-order chi connectivity index (χ0) is 17.4. The fourth-order valence-electron chi connectivity index (χ4n) is 3.19. The lowest BCUT2D eigenvalue weighted by Crippen LogP contribution is -2.25. The van der Waals surface area contributed by atoms with E-state index in [1.807, 2.05) is 37.3 Å². The Morgan fingerprint density at radius 3 is 2.68 bits per heavy atom. The van der Waals surface area contributed by atoms with Crippen LogP contribution in [0.3, 0.4) is 0 Å². The number of amides is 1. The third kappa shape index (κ3) is 3.09. The van der Waals surface area contributed by atoms with Crippen molar-refractivity contribution in [3.05, 3.63) is 65.4 Å². The zero-order valence-corrected chi connectivity index (χ0v) is 14.5. The highest BCUT2D eigenvalue weighted by atomic mass is 16.3. The minimum absolute atomic E-state index is 0.000850. The van der Waals surface area contributed by atoms with E-state index in [1.165, 1.54) is 18.4 Å². The van der Waals surface area contributed by atoms with Crippen molar-refractivity contribution in [2.24, 2.45) is 0 Å². The van der Waals surface area contributed by atoms with Crippen molar-refractivity contribution in [2.75, 3.05) is 7.05 Å². The molecule has 128 valence electrons. The standard InChI is InChI=1S/C20H21N3O2/c1-13-18(19(22-21-13)16-5-6-16)15-3-7-17(8-4-15)20(24)23(2)11-14-9-10-25-12-14/h3-4,7-10,12,16H,5-6,11H2,1-2H3,(H,21,22). The van der Waals surface area contributed by atoms with Gasteiger partial charge in [-0.2, -0.15) is 5.10 Å². The van der Waals surface area contributed by atoms with Crippen LogP contribution in [0.1, 0.15) is 46.1 Å². The molecule has 2 heterocycles. The highest BCUT2D eigenvalue weighted by Gasteiger charge is 2.30. The number of hydrogen-bond donors (Lipinski definition) is 1. The Balaban J connectivity index is 1.54. The molecule has 0 atom stereocenters. The van der Waals surface area contributed by atoms with Gasteiger partial charge in [-0.1, -0.05) is 12.1 Å². The molecule has 3 aromatic rings. The number of furan rings is 1. The Hall–Kier alpha value is -2.82. The second kappa shape index (κ2) is 6.24. The summed E-state index contributed by atoms with van der Waals surface area (Å²) in [5, 5.41) is 7.58. The van der Waals surface area contributed by atoms with Crippen LogP contribution in [0.25, 0.3) is 11.1 Å². The first-order valence-electron chi connectivity index (χ1n) is 8.55. The Morgan fingerprint density at radius 2 is 2.04 bits per heavy atom. The van der Waals surface area contributed by atoms with E-state index in [1.54, 1.807) is 24.5 Å². The van der Waals surface area contributed by atoms with Crippen molar-refractivity contribution in [3.63, 3.8) is 0 Å². The second-order valence-corrected chi connectivity index (χ2v) is 6.75. The van der Waals surface area contributed by atoms with Crippen LogP contribution in [0.15, 0.2) is 47.3 Å². The molecule has 4 rings (SSSR count). The number of nitrogens with one attached hydrogen (secondary N) is 1. The Kier molecular flexibility index (Phi) is 3.92. The van der Waals surface area contributed by atoms with Crippen LogP contribution in [-0.2, 0) is 6.54 Å². The number of aryl methyl sites for hydroxylation is 1. The molecule has 0 spiro atoms. The summed E-state index contributed by atoms with van der Waals surface area (Å²) in [7, 11) is 1.80. The van der Waals surface area contributed by atoms with E-state index in [2.05, 4.69) is 10.2 Å². The van der Waals surface area contributed by atoms with Gasteiger partial charge in [0, 0.05) is 41.9 Å². The first kappa shape index (κ1) is 15.7. The fraction of sp³-hybridized carbons (Fsp3) is 0.300. The molecule has 1 amide bonds. The van der Waals surface area contributed by atoms with Gasteiger partial charge in [-0.15, -0.1) is 0 Å². The van der Waals surface area contributed by atoms with Crippen LogP contribution in [0.5, 0.6) is 0 Å². The number of carbonyl (C=O) groups is 1. The molecule has 0 bridgehead atoms. The van der Waals surface area contributed by atoms with E-state index in [9.17, 15) is 4.79 Å². The molecule has 5 heteroatoms. The molecule has 0 saturated heterocycles. The highest BCUT2D eigenvalue weighted by molar-refractivity contribution is 5.94. The normalized spacial score (nSPS) is 13.8. The number of rotatable bonds is 5. The third-order valence-corrected chi connectivity index (χ3v) is 4.71. The largest absolute Gasteiger partial charge is 0.472 e. The van der Waals surface area contributed by atoms with E-state index in [4.69, 9.17) is 4.42 Å². The predicted molar refractivity (Wildman–Crippen MR) is 95.2 cm³/mol. The number of benzene rings is 1. The quantitative estimate of drug-likeness (QED) is 0.762. The molecule has 1 aliphatic rings. The summed E-state index contributed by atoms with van der Waals surface area (Å²) in [6.07, 6.45) is 5.71. The molecule has 1 fully saturated rings. The monoisotopic (exact) mass is 335 g/mol. The first-order valence-corrected chi connectivity index (χ1v) is 8.55. The van der Waals surface area contributed by atoms with E-state index in [0.717, 1.165) is 22.5 Å². The summed E-state index contributed by atoms with van der Waals surface area (Å²) in [5.74, 6) is 0.585. The van der Waals surface area contributed by atoms with Crippen LogP contribution < -0.4 is 0 Å². The smallest absolute Gasteiger partial charge is 0.253 e. The molecule has 0 aliphatic heterocycles. The Labute approximate surface area is 146 Å². The lowest BCUT2D eigenvalue weighted by atomic mass is 10.00. The van der Waals surface area contributed by atoms with Gasteiger partial charge in [0.05, 0.1) is 18.2 Å². The maximum absolute atomic E-state index is 12.6. The van der Waals surface area contributed by atoms with Gasteiger partial charge in [-0.25, -0.2) is 0 Å². The Bertz CT molecular complexity index is 874. The van der Waals surface area contributed by atoms with E-state index in [-0.39, 0.29) is 5.91 Å². The molecule has 1 N–H and O–H groups in total. The minimum Gasteiger partial charge on any atom is -0.472 e. The summed E-state index contributed by atoms with van der Waals surface area (Å²) in [5.41, 5.74) is 6.21. The third-order valence-electron chi connectivity index (χ3n) is 4.71. The molecule has 2 aromatic heterocycles. The van der Waals surface area contributed by atoms with Crippen molar-refractivity contribution in [1.29, 1.82) is 0 Å². The van der Waals surface area contributed by atoms with Crippen LogP contribution in [0.2, 0.25) is 0 Å². The second-order valence-electron chi connectivity index (χ2n) is 6.75. The van der Waals surface area contributed by atoms with Gasteiger partial charge in [0.25, 0.3) is 5.91 Å². The molecule has 5 nitrogen and oxygen atoms in total. The van der Waals surface area contributed by atoms with Gasteiger partial charge >= 0.3 is 0 Å². The van der Waals surface area contributed by atoms with Crippen molar-refractivity contribution in [3.8, 4) is 11.1 Å². The van der Waals surface area contributed by atoms with Crippen molar-refractivity contribution >= 4 is 5.91 Å². The molecule has 0 radical (unpaired) electrons. The summed E-state index contributed by atoms with van der Waals surface area (Å²) >= 11 is 0. The fourth-order valence-corrected chi connectivity index (χ4v) is 3.19. The van der Waals surface area contributed by atoms with Crippen molar-refractivity contribution < 1.29 is 9.21 Å². The topological polar surface area (TPSA) is 62.1 Å². The average Bonchev–Trinajstić information content (AvgIpc) is 3.21. The molecular formula is C20H21N3O2. The number of H-pyrrole nitrogens is 1. The minimum atomic E-state index is -0.000850. The molecule has 1 saturated carbocycles. The summed E-state index contributed by atoms with van der Waals surface area (Å²) in [6.45, 7) is 2.58. The molecular weight excluding hydrogens is 314 g/mol. The zero-order valence-electron chi connectivity index (χ0n) is 14.5. The van der Waals surface area contributed by atoms with Gasteiger partial charge in [-0.05, 0) is 43.5 Å². The van der Waals surface area contributed by atoms with E-state index >= 15 is 0 Å². The highest BCUT2D eigenvalue weighted by Crippen LogP contribution is 2.44. The van der Waals surface area contributed by atoms with Crippen LogP contribution in [0.4, 0.5) is 0 Å². The summed E-state index contributed by atoms with van der Waals surface area (Å²) in [6, 6.07) is 9.69. The van der Waals surface area contributed by atoms with Crippen LogP contribution >= 0.6 is 0 Å². The van der Waals surface area contributed by atoms with Gasteiger partial charge in [0.1, 0.15) is 0 Å². The number of aromatic amines is 1. The maximum Gasteiger partial charge on any atom is 0.253 e.